The molecule has 1 aliphatic rings. The molecule has 1 saturated heterocycles. The summed E-state index contributed by atoms with van der Waals surface area (Å²) < 4.78 is 0. The van der Waals surface area contributed by atoms with Crippen LogP contribution in [0.5, 0.6) is 0 Å². The number of carbonyl (C=O) groups is 3. The second-order valence-electron chi connectivity index (χ2n) is 6.51. The molecule has 2 atom stereocenters. The Morgan fingerprint density at radius 3 is 1.96 bits per heavy atom. The minimum atomic E-state index is -0.339. The number of aryl methyl sites for hydroxylation is 3. The largest absolute Gasteiger partial charge is 0.324 e. The molecule has 25 heavy (non-hydrogen) atoms. The molecule has 0 spiro atoms. The number of imide groups is 1. The van der Waals surface area contributed by atoms with E-state index in [0.29, 0.717) is 12.8 Å². The normalized spacial score (nSPS) is 20.8. The zero-order valence-electron chi connectivity index (χ0n) is 15.5. The highest BCUT2D eigenvalue weighted by molar-refractivity contribution is 8.02. The molecule has 1 fully saturated rings. The van der Waals surface area contributed by atoms with Crippen molar-refractivity contribution in [1.82, 2.24) is 4.90 Å². The first-order valence-electron chi connectivity index (χ1n) is 8.66. The minimum absolute atomic E-state index is 0.224. The van der Waals surface area contributed by atoms with Crippen LogP contribution in [0.15, 0.2) is 12.1 Å². The summed E-state index contributed by atoms with van der Waals surface area (Å²) in [5.41, 5.74) is 3.81. The lowest BCUT2D eigenvalue weighted by Crippen LogP contribution is -2.53. The van der Waals surface area contributed by atoms with Gasteiger partial charge in [-0.1, -0.05) is 31.5 Å². The SMILES string of the molecule is CC[C@H]1S[C@H](CC)C(=O)N(CC(=O)Nc2c(C)cc(C)cc2C)C1=O. The van der Waals surface area contributed by atoms with Crippen LogP contribution in [-0.2, 0) is 14.4 Å². The van der Waals surface area contributed by atoms with Gasteiger partial charge >= 0.3 is 0 Å². The lowest BCUT2D eigenvalue weighted by atomic mass is 10.1. The van der Waals surface area contributed by atoms with Gasteiger partial charge in [0, 0.05) is 5.69 Å². The molecule has 6 heteroatoms. The highest BCUT2D eigenvalue weighted by atomic mass is 32.2. The molecular weight excluding hydrogens is 336 g/mol. The van der Waals surface area contributed by atoms with Crippen LogP contribution in [0, 0.1) is 20.8 Å². The van der Waals surface area contributed by atoms with E-state index >= 15 is 0 Å². The number of hydrogen-bond donors (Lipinski definition) is 1. The molecule has 0 aromatic heterocycles. The van der Waals surface area contributed by atoms with Crippen molar-refractivity contribution in [1.29, 1.82) is 0 Å². The molecule has 3 amide bonds. The number of nitrogens with zero attached hydrogens (tertiary/aromatic N) is 1. The third-order valence-electron chi connectivity index (χ3n) is 4.40. The summed E-state index contributed by atoms with van der Waals surface area (Å²) in [6, 6.07) is 3.99. The third kappa shape index (κ3) is 4.24. The number of rotatable bonds is 5. The van der Waals surface area contributed by atoms with E-state index < -0.39 is 0 Å². The van der Waals surface area contributed by atoms with Gasteiger partial charge in [-0.3, -0.25) is 19.3 Å². The Hall–Kier alpha value is -1.82. The van der Waals surface area contributed by atoms with Gasteiger partial charge in [0.05, 0.1) is 10.5 Å². The molecule has 2 rings (SSSR count). The fourth-order valence-corrected chi connectivity index (χ4v) is 4.44. The summed E-state index contributed by atoms with van der Waals surface area (Å²) in [4.78, 5) is 38.6. The van der Waals surface area contributed by atoms with E-state index in [1.807, 2.05) is 46.8 Å². The molecule has 0 saturated carbocycles. The Bertz CT molecular complexity index is 657. The predicted molar refractivity (Wildman–Crippen MR) is 102 cm³/mol. The lowest BCUT2D eigenvalue weighted by molar-refractivity contribution is -0.147. The topological polar surface area (TPSA) is 66.5 Å². The van der Waals surface area contributed by atoms with E-state index in [-0.39, 0.29) is 34.8 Å². The molecule has 1 aromatic rings. The second-order valence-corrected chi connectivity index (χ2v) is 7.92. The molecule has 1 N–H and O–H groups in total. The second kappa shape index (κ2) is 8.04. The smallest absolute Gasteiger partial charge is 0.244 e. The van der Waals surface area contributed by atoms with E-state index in [1.165, 1.54) is 11.8 Å². The highest BCUT2D eigenvalue weighted by Crippen LogP contribution is 2.31. The Kier molecular flexibility index (Phi) is 6.27. The summed E-state index contributed by atoms with van der Waals surface area (Å²) >= 11 is 1.42. The van der Waals surface area contributed by atoms with E-state index in [9.17, 15) is 14.4 Å². The number of benzene rings is 1. The Labute approximate surface area is 153 Å². The fraction of sp³-hybridized carbons (Fsp3) is 0.526. The molecule has 0 unspecified atom stereocenters. The predicted octanol–water partition coefficient (Wildman–Crippen LogP) is 3.21. The van der Waals surface area contributed by atoms with Crippen molar-refractivity contribution in [3.05, 3.63) is 28.8 Å². The van der Waals surface area contributed by atoms with Crippen LogP contribution >= 0.6 is 11.8 Å². The van der Waals surface area contributed by atoms with Crippen molar-refractivity contribution in [2.75, 3.05) is 11.9 Å². The van der Waals surface area contributed by atoms with Gasteiger partial charge < -0.3 is 5.32 Å². The van der Waals surface area contributed by atoms with E-state index in [4.69, 9.17) is 0 Å². The highest BCUT2D eigenvalue weighted by Gasteiger charge is 2.40. The van der Waals surface area contributed by atoms with Crippen molar-refractivity contribution < 1.29 is 14.4 Å². The zero-order chi connectivity index (χ0) is 18.7. The average Bonchev–Trinajstić information content (AvgIpc) is 2.55. The number of anilines is 1. The summed E-state index contributed by atoms with van der Waals surface area (Å²) in [6.45, 7) is 9.50. The lowest BCUT2D eigenvalue weighted by Gasteiger charge is -2.34. The fourth-order valence-electron chi connectivity index (χ4n) is 3.17. The van der Waals surface area contributed by atoms with Crippen molar-refractivity contribution >= 4 is 35.2 Å². The van der Waals surface area contributed by atoms with Gasteiger partial charge in [0.1, 0.15) is 6.54 Å². The van der Waals surface area contributed by atoms with Crippen molar-refractivity contribution in [2.45, 2.75) is 58.0 Å². The standard InChI is InChI=1S/C19H26N2O3S/c1-6-14-18(23)21(19(24)15(7-2)25-14)10-16(22)20-17-12(4)8-11(3)9-13(17)5/h8-9,14-15H,6-7,10H2,1-5H3,(H,20,22)/t14-,15-/m1/s1. The van der Waals surface area contributed by atoms with Gasteiger partial charge in [-0.2, -0.15) is 0 Å². The molecule has 0 bridgehead atoms. The van der Waals surface area contributed by atoms with Crippen LogP contribution in [0.3, 0.4) is 0 Å². The Morgan fingerprint density at radius 2 is 1.52 bits per heavy atom. The van der Waals surface area contributed by atoms with E-state index in [0.717, 1.165) is 27.3 Å². The molecule has 1 heterocycles. The summed E-state index contributed by atoms with van der Waals surface area (Å²) in [5.74, 6) is -0.849. The summed E-state index contributed by atoms with van der Waals surface area (Å²) in [6.07, 6.45) is 1.31. The average molecular weight is 362 g/mol. The number of thioether (sulfide) groups is 1. The van der Waals surface area contributed by atoms with Gasteiger partial charge in [-0.05, 0) is 44.7 Å². The quantitative estimate of drug-likeness (QED) is 0.817. The Morgan fingerprint density at radius 1 is 1.04 bits per heavy atom. The van der Waals surface area contributed by atoms with Gasteiger partial charge in [0.25, 0.3) is 0 Å². The van der Waals surface area contributed by atoms with Crippen LogP contribution in [0.2, 0.25) is 0 Å². The number of amides is 3. The zero-order valence-corrected chi connectivity index (χ0v) is 16.3. The number of nitrogens with one attached hydrogen (secondary N) is 1. The number of carbonyl (C=O) groups excluding carboxylic acids is 3. The van der Waals surface area contributed by atoms with Gasteiger partial charge in [0.2, 0.25) is 17.7 Å². The van der Waals surface area contributed by atoms with Crippen LogP contribution < -0.4 is 5.32 Å². The maximum absolute atomic E-state index is 12.5. The van der Waals surface area contributed by atoms with Crippen molar-refractivity contribution in [3.63, 3.8) is 0 Å². The van der Waals surface area contributed by atoms with Gasteiger partial charge in [-0.15, -0.1) is 11.8 Å². The molecule has 0 aliphatic carbocycles. The monoisotopic (exact) mass is 362 g/mol. The molecule has 1 aliphatic heterocycles. The molecule has 1 aromatic carbocycles. The maximum Gasteiger partial charge on any atom is 0.244 e. The van der Waals surface area contributed by atoms with Crippen LogP contribution in [0.25, 0.3) is 0 Å². The van der Waals surface area contributed by atoms with Crippen LogP contribution in [-0.4, -0.2) is 39.7 Å². The van der Waals surface area contributed by atoms with Crippen molar-refractivity contribution in [2.24, 2.45) is 0 Å². The van der Waals surface area contributed by atoms with Crippen molar-refractivity contribution in [3.8, 4) is 0 Å². The van der Waals surface area contributed by atoms with Crippen LogP contribution in [0.1, 0.15) is 43.4 Å². The maximum atomic E-state index is 12.5. The summed E-state index contributed by atoms with van der Waals surface area (Å²) in [5, 5.41) is 2.36. The minimum Gasteiger partial charge on any atom is -0.324 e. The first-order valence-corrected chi connectivity index (χ1v) is 9.61. The first kappa shape index (κ1) is 19.5. The van der Waals surface area contributed by atoms with Gasteiger partial charge in [0.15, 0.2) is 0 Å². The first-order chi connectivity index (χ1) is 11.8. The van der Waals surface area contributed by atoms with E-state index in [2.05, 4.69) is 5.32 Å². The molecule has 0 radical (unpaired) electrons. The molecule has 136 valence electrons. The summed E-state index contributed by atoms with van der Waals surface area (Å²) in [7, 11) is 0. The Balaban J connectivity index is 2.16. The molecule has 5 nitrogen and oxygen atoms in total. The van der Waals surface area contributed by atoms with Gasteiger partial charge in [-0.25, -0.2) is 0 Å². The van der Waals surface area contributed by atoms with Crippen LogP contribution in [0.4, 0.5) is 5.69 Å². The third-order valence-corrected chi connectivity index (χ3v) is 6.12. The molecular formula is C19H26N2O3S. The van der Waals surface area contributed by atoms with E-state index in [1.54, 1.807) is 0 Å². The number of hydrogen-bond acceptors (Lipinski definition) is 4.